The summed E-state index contributed by atoms with van der Waals surface area (Å²) in [6.45, 7) is 4.11. The summed E-state index contributed by atoms with van der Waals surface area (Å²) in [5.74, 6) is 0.647. The molecule has 140 valence electrons. The molecule has 0 atom stereocenters. The predicted molar refractivity (Wildman–Crippen MR) is 105 cm³/mol. The molecule has 7 heteroatoms. The molecular weight excluding hydrogens is 363 g/mol. The van der Waals surface area contributed by atoms with Gasteiger partial charge >= 0.3 is 0 Å². The van der Waals surface area contributed by atoms with Crippen molar-refractivity contribution in [3.05, 3.63) is 65.0 Å². The standard InChI is InChI=1S/C20H21FN4OS/c1-13-4-7-16(8-5-13)19-23-24-20(25(19)3)27-12-18(26)22-11-15-6-9-17(21)14(2)10-15/h4-10H,11-12H2,1-3H3,(H,22,26). The van der Waals surface area contributed by atoms with Crippen molar-refractivity contribution >= 4 is 17.7 Å². The van der Waals surface area contributed by atoms with Gasteiger partial charge in [0.1, 0.15) is 5.82 Å². The number of aryl methyl sites for hydroxylation is 2. The second-order valence-electron chi connectivity index (χ2n) is 6.38. The fourth-order valence-electron chi connectivity index (χ4n) is 2.59. The van der Waals surface area contributed by atoms with Crippen LogP contribution in [0.3, 0.4) is 0 Å². The SMILES string of the molecule is Cc1ccc(-c2nnc(SCC(=O)NCc3ccc(F)c(C)c3)n2C)cc1. The Morgan fingerprint density at radius 1 is 1.15 bits per heavy atom. The van der Waals surface area contributed by atoms with E-state index in [4.69, 9.17) is 0 Å². The molecule has 0 radical (unpaired) electrons. The predicted octanol–water partition coefficient (Wildman–Crippen LogP) is 3.65. The summed E-state index contributed by atoms with van der Waals surface area (Å²) >= 11 is 1.33. The number of hydrogen-bond donors (Lipinski definition) is 1. The van der Waals surface area contributed by atoms with Gasteiger partial charge < -0.3 is 9.88 Å². The number of halogens is 1. The summed E-state index contributed by atoms with van der Waals surface area (Å²) in [5, 5.41) is 11.9. The number of thioether (sulfide) groups is 1. The molecule has 0 spiro atoms. The number of nitrogens with zero attached hydrogens (tertiary/aromatic N) is 3. The molecule has 1 amide bonds. The molecule has 0 fully saturated rings. The lowest BCUT2D eigenvalue weighted by Gasteiger charge is -2.07. The van der Waals surface area contributed by atoms with Gasteiger partial charge in [0.25, 0.3) is 0 Å². The van der Waals surface area contributed by atoms with Crippen LogP contribution in [0.2, 0.25) is 0 Å². The van der Waals surface area contributed by atoms with E-state index in [1.807, 2.05) is 42.8 Å². The zero-order valence-electron chi connectivity index (χ0n) is 15.5. The maximum absolute atomic E-state index is 13.3. The molecule has 0 aliphatic carbocycles. The van der Waals surface area contributed by atoms with Gasteiger partial charge in [-0.15, -0.1) is 10.2 Å². The van der Waals surface area contributed by atoms with Crippen LogP contribution >= 0.6 is 11.8 Å². The van der Waals surface area contributed by atoms with Crippen molar-refractivity contribution in [2.24, 2.45) is 7.05 Å². The van der Waals surface area contributed by atoms with Gasteiger partial charge in [-0.1, -0.05) is 53.7 Å². The highest BCUT2D eigenvalue weighted by Gasteiger charge is 2.13. The fraction of sp³-hybridized carbons (Fsp3) is 0.250. The lowest BCUT2D eigenvalue weighted by atomic mass is 10.1. The molecule has 1 heterocycles. The zero-order valence-corrected chi connectivity index (χ0v) is 16.3. The van der Waals surface area contributed by atoms with Crippen LogP contribution in [0.4, 0.5) is 4.39 Å². The molecule has 0 saturated carbocycles. The Kier molecular flexibility index (Phi) is 5.91. The maximum atomic E-state index is 13.3. The average molecular weight is 384 g/mol. The van der Waals surface area contributed by atoms with E-state index in [9.17, 15) is 9.18 Å². The maximum Gasteiger partial charge on any atom is 0.230 e. The lowest BCUT2D eigenvalue weighted by molar-refractivity contribution is -0.118. The van der Waals surface area contributed by atoms with Gasteiger partial charge in [0.05, 0.1) is 5.75 Å². The van der Waals surface area contributed by atoms with Crippen LogP contribution in [0.15, 0.2) is 47.6 Å². The normalized spacial score (nSPS) is 10.8. The lowest BCUT2D eigenvalue weighted by Crippen LogP contribution is -2.24. The van der Waals surface area contributed by atoms with Crippen molar-refractivity contribution in [3.63, 3.8) is 0 Å². The number of nitrogens with one attached hydrogen (secondary N) is 1. The van der Waals surface area contributed by atoms with Gasteiger partial charge in [-0.05, 0) is 31.0 Å². The number of hydrogen-bond acceptors (Lipinski definition) is 4. The summed E-state index contributed by atoms with van der Waals surface area (Å²) in [5.41, 5.74) is 3.61. The third-order valence-corrected chi connectivity index (χ3v) is 5.21. The Morgan fingerprint density at radius 3 is 2.59 bits per heavy atom. The molecule has 1 aromatic heterocycles. The Balaban J connectivity index is 1.56. The first-order valence-electron chi connectivity index (χ1n) is 8.55. The highest BCUT2D eigenvalue weighted by molar-refractivity contribution is 7.99. The molecule has 3 aromatic rings. The molecule has 2 aromatic carbocycles. The first-order valence-corrected chi connectivity index (χ1v) is 9.53. The van der Waals surface area contributed by atoms with Crippen molar-refractivity contribution < 1.29 is 9.18 Å². The molecule has 0 aliphatic rings. The van der Waals surface area contributed by atoms with E-state index >= 15 is 0 Å². The fourth-order valence-corrected chi connectivity index (χ4v) is 3.33. The zero-order chi connectivity index (χ0) is 19.4. The van der Waals surface area contributed by atoms with Crippen LogP contribution in [0.25, 0.3) is 11.4 Å². The Morgan fingerprint density at radius 2 is 1.89 bits per heavy atom. The molecule has 5 nitrogen and oxygen atoms in total. The van der Waals surface area contributed by atoms with Crippen LogP contribution in [-0.4, -0.2) is 26.4 Å². The molecule has 27 heavy (non-hydrogen) atoms. The smallest absolute Gasteiger partial charge is 0.230 e. The molecule has 0 unspecified atom stereocenters. The van der Waals surface area contributed by atoms with Crippen LogP contribution in [-0.2, 0) is 18.4 Å². The highest BCUT2D eigenvalue weighted by Crippen LogP contribution is 2.22. The number of carbonyl (C=O) groups is 1. The van der Waals surface area contributed by atoms with Crippen molar-refractivity contribution in [1.82, 2.24) is 20.1 Å². The first-order chi connectivity index (χ1) is 12.9. The minimum atomic E-state index is -0.243. The van der Waals surface area contributed by atoms with E-state index < -0.39 is 0 Å². The van der Waals surface area contributed by atoms with Gasteiger partial charge in [0, 0.05) is 19.2 Å². The summed E-state index contributed by atoms with van der Waals surface area (Å²) in [7, 11) is 1.89. The second-order valence-corrected chi connectivity index (χ2v) is 7.32. The largest absolute Gasteiger partial charge is 0.351 e. The minimum Gasteiger partial charge on any atom is -0.351 e. The second kappa shape index (κ2) is 8.35. The van der Waals surface area contributed by atoms with Gasteiger partial charge in [0.15, 0.2) is 11.0 Å². The van der Waals surface area contributed by atoms with Gasteiger partial charge in [-0.25, -0.2) is 4.39 Å². The highest BCUT2D eigenvalue weighted by atomic mass is 32.2. The summed E-state index contributed by atoms with van der Waals surface area (Å²) in [6, 6.07) is 12.9. The van der Waals surface area contributed by atoms with Crippen molar-refractivity contribution in [2.75, 3.05) is 5.75 Å². The molecule has 1 N–H and O–H groups in total. The topological polar surface area (TPSA) is 59.8 Å². The Bertz CT molecular complexity index is 953. The van der Waals surface area contributed by atoms with Crippen molar-refractivity contribution in [1.29, 1.82) is 0 Å². The van der Waals surface area contributed by atoms with Gasteiger partial charge in [-0.2, -0.15) is 0 Å². The van der Waals surface area contributed by atoms with Crippen LogP contribution < -0.4 is 5.32 Å². The van der Waals surface area contributed by atoms with Crippen molar-refractivity contribution in [3.8, 4) is 11.4 Å². The number of amides is 1. The monoisotopic (exact) mass is 384 g/mol. The molecule has 0 saturated heterocycles. The Labute approximate surface area is 162 Å². The van der Waals surface area contributed by atoms with Gasteiger partial charge in [-0.3, -0.25) is 4.79 Å². The molecule has 0 aliphatic heterocycles. The number of benzene rings is 2. The molecular formula is C20H21FN4OS. The van der Waals surface area contributed by atoms with Crippen molar-refractivity contribution in [2.45, 2.75) is 25.5 Å². The summed E-state index contributed by atoms with van der Waals surface area (Å²) in [4.78, 5) is 12.1. The van der Waals surface area contributed by atoms with E-state index in [2.05, 4.69) is 15.5 Å². The number of carbonyl (C=O) groups excluding carboxylic acids is 1. The molecule has 0 bridgehead atoms. The van der Waals surface area contributed by atoms with Crippen LogP contribution in [0.5, 0.6) is 0 Å². The number of rotatable bonds is 6. The van der Waals surface area contributed by atoms with E-state index in [0.29, 0.717) is 17.3 Å². The molecule has 3 rings (SSSR count). The van der Waals surface area contributed by atoms with Crippen LogP contribution in [0.1, 0.15) is 16.7 Å². The third-order valence-electron chi connectivity index (χ3n) is 4.19. The summed E-state index contributed by atoms with van der Waals surface area (Å²) in [6.07, 6.45) is 0. The average Bonchev–Trinajstić information content (AvgIpc) is 3.02. The van der Waals surface area contributed by atoms with E-state index in [1.54, 1.807) is 19.1 Å². The van der Waals surface area contributed by atoms with E-state index in [0.717, 1.165) is 17.0 Å². The first kappa shape index (κ1) is 19.1. The minimum absolute atomic E-state index is 0.109. The third kappa shape index (κ3) is 4.74. The van der Waals surface area contributed by atoms with Crippen LogP contribution in [0, 0.1) is 19.7 Å². The number of aromatic nitrogens is 3. The van der Waals surface area contributed by atoms with E-state index in [-0.39, 0.29) is 17.5 Å². The van der Waals surface area contributed by atoms with Gasteiger partial charge in [0.2, 0.25) is 5.91 Å². The quantitative estimate of drug-likeness (QED) is 0.659. The Hall–Kier alpha value is -2.67. The van der Waals surface area contributed by atoms with E-state index in [1.165, 1.54) is 23.4 Å². The summed E-state index contributed by atoms with van der Waals surface area (Å²) < 4.78 is 15.2.